The maximum absolute atomic E-state index is 6.49. The van der Waals surface area contributed by atoms with E-state index in [1.807, 2.05) is 0 Å². The molecule has 2 nitrogen and oxygen atoms in total. The van der Waals surface area contributed by atoms with Crippen LogP contribution < -0.4 is 5.73 Å². The summed E-state index contributed by atoms with van der Waals surface area (Å²) in [6, 6.07) is 17.8. The molecule has 0 spiro atoms. The van der Waals surface area contributed by atoms with E-state index >= 15 is 0 Å². The third-order valence-electron chi connectivity index (χ3n) is 4.64. The molecule has 2 aromatic carbocycles. The van der Waals surface area contributed by atoms with Crippen molar-refractivity contribution in [3.8, 4) is 0 Å². The van der Waals surface area contributed by atoms with Crippen LogP contribution in [0, 0.1) is 6.92 Å². The summed E-state index contributed by atoms with van der Waals surface area (Å²) in [4.78, 5) is 2.53. The molecule has 0 fully saturated rings. The lowest BCUT2D eigenvalue weighted by atomic mass is 9.93. The largest absolute Gasteiger partial charge is 0.326 e. The van der Waals surface area contributed by atoms with Gasteiger partial charge in [-0.05, 0) is 35.6 Å². The second kappa shape index (κ2) is 6.00. The summed E-state index contributed by atoms with van der Waals surface area (Å²) in [5, 5.41) is 0. The molecular weight excluding hydrogens is 256 g/mol. The average molecular weight is 280 g/mol. The average Bonchev–Trinajstić information content (AvgIpc) is 2.92. The molecule has 2 heteroatoms. The van der Waals surface area contributed by atoms with Crippen LogP contribution in [0.5, 0.6) is 0 Å². The third kappa shape index (κ3) is 2.74. The smallest absolute Gasteiger partial charge is 0.0508 e. The van der Waals surface area contributed by atoms with Crippen molar-refractivity contribution in [3.63, 3.8) is 0 Å². The standard InChI is InChI=1S/C19H24N2/c1-3-18(20)19(17-11-7-4-8-14(17)2)21-12-15-9-5-6-10-16(15)13-21/h4-11,18-19H,3,12-13,20H2,1-2H3. The van der Waals surface area contributed by atoms with Crippen molar-refractivity contribution in [3.05, 3.63) is 70.8 Å². The maximum Gasteiger partial charge on any atom is 0.0508 e. The summed E-state index contributed by atoms with van der Waals surface area (Å²) in [6.07, 6.45) is 0.992. The number of nitrogens with two attached hydrogens (primary N) is 1. The van der Waals surface area contributed by atoms with Crippen LogP contribution in [0.2, 0.25) is 0 Å². The molecule has 2 atom stereocenters. The molecule has 2 N–H and O–H groups in total. The Hall–Kier alpha value is -1.64. The van der Waals surface area contributed by atoms with Crippen molar-refractivity contribution in [1.82, 2.24) is 4.90 Å². The van der Waals surface area contributed by atoms with Crippen molar-refractivity contribution < 1.29 is 0 Å². The molecule has 1 aliphatic rings. The Morgan fingerprint density at radius 2 is 1.57 bits per heavy atom. The highest BCUT2D eigenvalue weighted by molar-refractivity contribution is 5.34. The second-order valence-corrected chi connectivity index (χ2v) is 6.05. The molecule has 2 unspecified atom stereocenters. The fraction of sp³-hybridized carbons (Fsp3) is 0.368. The van der Waals surface area contributed by atoms with Crippen molar-refractivity contribution in [2.75, 3.05) is 0 Å². The Labute approximate surface area is 127 Å². The van der Waals surface area contributed by atoms with Gasteiger partial charge in [-0.2, -0.15) is 0 Å². The number of nitrogens with zero attached hydrogens (tertiary/aromatic N) is 1. The van der Waals surface area contributed by atoms with E-state index in [4.69, 9.17) is 5.73 Å². The monoisotopic (exact) mass is 280 g/mol. The Kier molecular flexibility index (Phi) is 4.09. The van der Waals surface area contributed by atoms with Gasteiger partial charge in [0.25, 0.3) is 0 Å². The van der Waals surface area contributed by atoms with E-state index in [-0.39, 0.29) is 6.04 Å². The summed E-state index contributed by atoms with van der Waals surface area (Å²) in [5.41, 5.74) is 12.1. The van der Waals surface area contributed by atoms with Crippen LogP contribution in [-0.2, 0) is 13.1 Å². The van der Waals surface area contributed by atoms with Gasteiger partial charge in [0.2, 0.25) is 0 Å². The van der Waals surface area contributed by atoms with Crippen molar-refractivity contribution >= 4 is 0 Å². The SMILES string of the molecule is CCC(N)C(c1ccccc1C)N1Cc2ccccc2C1. The predicted octanol–water partition coefficient (Wildman–Crippen LogP) is 3.79. The fourth-order valence-electron chi connectivity index (χ4n) is 3.40. The van der Waals surface area contributed by atoms with E-state index in [9.17, 15) is 0 Å². The van der Waals surface area contributed by atoms with Gasteiger partial charge in [0.15, 0.2) is 0 Å². The summed E-state index contributed by atoms with van der Waals surface area (Å²) >= 11 is 0. The van der Waals surface area contributed by atoms with Gasteiger partial charge in [-0.25, -0.2) is 0 Å². The van der Waals surface area contributed by atoms with Gasteiger partial charge >= 0.3 is 0 Å². The van der Waals surface area contributed by atoms with Crippen LogP contribution in [0.4, 0.5) is 0 Å². The topological polar surface area (TPSA) is 29.3 Å². The first kappa shape index (κ1) is 14.3. The highest BCUT2D eigenvalue weighted by Gasteiger charge is 2.30. The molecule has 1 aliphatic heterocycles. The molecule has 0 aromatic heterocycles. The summed E-state index contributed by atoms with van der Waals surface area (Å²) in [6.45, 7) is 6.37. The van der Waals surface area contributed by atoms with Gasteiger partial charge in [-0.1, -0.05) is 55.5 Å². The quantitative estimate of drug-likeness (QED) is 0.923. The maximum atomic E-state index is 6.49. The van der Waals surface area contributed by atoms with E-state index in [2.05, 4.69) is 67.3 Å². The van der Waals surface area contributed by atoms with Gasteiger partial charge in [0, 0.05) is 19.1 Å². The van der Waals surface area contributed by atoms with E-state index < -0.39 is 0 Å². The van der Waals surface area contributed by atoms with Crippen LogP contribution in [0.1, 0.15) is 41.6 Å². The Balaban J connectivity index is 1.94. The minimum absolute atomic E-state index is 0.167. The molecule has 0 aliphatic carbocycles. The predicted molar refractivity (Wildman–Crippen MR) is 87.9 cm³/mol. The Morgan fingerprint density at radius 3 is 2.14 bits per heavy atom. The van der Waals surface area contributed by atoms with Crippen LogP contribution in [0.15, 0.2) is 48.5 Å². The minimum atomic E-state index is 0.167. The number of rotatable bonds is 4. The van der Waals surface area contributed by atoms with Crippen molar-refractivity contribution in [2.45, 2.75) is 45.4 Å². The first-order valence-corrected chi connectivity index (χ1v) is 7.82. The van der Waals surface area contributed by atoms with E-state index in [1.54, 1.807) is 0 Å². The molecule has 1 heterocycles. The van der Waals surface area contributed by atoms with Gasteiger partial charge < -0.3 is 5.73 Å². The second-order valence-electron chi connectivity index (χ2n) is 6.05. The van der Waals surface area contributed by atoms with Gasteiger partial charge in [-0.15, -0.1) is 0 Å². The minimum Gasteiger partial charge on any atom is -0.326 e. The number of fused-ring (bicyclic) bond motifs is 1. The highest BCUT2D eigenvalue weighted by Crippen LogP contribution is 2.34. The lowest BCUT2D eigenvalue weighted by molar-refractivity contribution is 0.169. The molecule has 0 amide bonds. The third-order valence-corrected chi connectivity index (χ3v) is 4.64. The number of hydrogen-bond acceptors (Lipinski definition) is 2. The molecule has 21 heavy (non-hydrogen) atoms. The lowest BCUT2D eigenvalue weighted by Gasteiger charge is -2.33. The van der Waals surface area contributed by atoms with Gasteiger partial charge in [0.05, 0.1) is 6.04 Å². The van der Waals surface area contributed by atoms with Gasteiger partial charge in [-0.3, -0.25) is 4.90 Å². The van der Waals surface area contributed by atoms with Crippen molar-refractivity contribution in [1.29, 1.82) is 0 Å². The van der Waals surface area contributed by atoms with Crippen LogP contribution in [0.25, 0.3) is 0 Å². The molecular formula is C19H24N2. The Morgan fingerprint density at radius 1 is 1.00 bits per heavy atom. The summed E-state index contributed by atoms with van der Waals surface area (Å²) < 4.78 is 0. The van der Waals surface area contributed by atoms with Crippen molar-refractivity contribution in [2.24, 2.45) is 5.73 Å². The summed E-state index contributed by atoms with van der Waals surface area (Å²) in [7, 11) is 0. The van der Waals surface area contributed by atoms with Gasteiger partial charge in [0.1, 0.15) is 0 Å². The lowest BCUT2D eigenvalue weighted by Crippen LogP contribution is -2.38. The zero-order valence-electron chi connectivity index (χ0n) is 12.9. The highest BCUT2D eigenvalue weighted by atomic mass is 15.2. The molecule has 0 saturated heterocycles. The molecule has 0 saturated carbocycles. The van der Waals surface area contributed by atoms with Crippen LogP contribution >= 0.6 is 0 Å². The number of aryl methyl sites for hydroxylation is 1. The first-order valence-electron chi connectivity index (χ1n) is 7.82. The Bertz CT molecular complexity index is 595. The van der Waals surface area contributed by atoms with E-state index in [1.165, 1.54) is 22.3 Å². The normalized spacial score (nSPS) is 17.5. The molecule has 110 valence electrons. The zero-order chi connectivity index (χ0) is 14.8. The molecule has 0 bridgehead atoms. The van der Waals surface area contributed by atoms with Crippen LogP contribution in [-0.4, -0.2) is 10.9 Å². The van der Waals surface area contributed by atoms with Crippen LogP contribution in [0.3, 0.4) is 0 Å². The zero-order valence-corrected chi connectivity index (χ0v) is 12.9. The van der Waals surface area contributed by atoms with E-state index in [0.29, 0.717) is 6.04 Å². The fourth-order valence-corrected chi connectivity index (χ4v) is 3.40. The molecule has 3 rings (SSSR count). The first-order chi connectivity index (χ1) is 10.2. The molecule has 2 aromatic rings. The number of benzene rings is 2. The number of hydrogen-bond donors (Lipinski definition) is 1. The molecule has 0 radical (unpaired) electrons. The summed E-state index contributed by atoms with van der Waals surface area (Å²) in [5.74, 6) is 0. The van der Waals surface area contributed by atoms with E-state index in [0.717, 1.165) is 19.5 Å².